The average molecular weight is 360 g/mol. The predicted molar refractivity (Wildman–Crippen MR) is 81.9 cm³/mol. The van der Waals surface area contributed by atoms with E-state index >= 15 is 0 Å². The summed E-state index contributed by atoms with van der Waals surface area (Å²) in [5.41, 5.74) is 0.621. The van der Waals surface area contributed by atoms with Gasteiger partial charge in [0.1, 0.15) is 11.5 Å². The number of ether oxygens (including phenoxy) is 2. The maximum Gasteiger partial charge on any atom is 0.573 e. The Hall–Kier alpha value is -2.41. The third kappa shape index (κ3) is 6.00. The molecule has 2 aromatic carbocycles. The number of rotatable bonds is 6. The Morgan fingerprint density at radius 1 is 1.08 bits per heavy atom. The molecule has 1 N–H and O–H groups in total. The summed E-state index contributed by atoms with van der Waals surface area (Å²) >= 11 is 5.89. The Kier molecular flexibility index (Phi) is 5.92. The molecule has 0 aliphatic carbocycles. The van der Waals surface area contributed by atoms with Crippen LogP contribution in [0.2, 0.25) is 5.02 Å². The Morgan fingerprint density at radius 3 is 2.38 bits per heavy atom. The van der Waals surface area contributed by atoms with E-state index in [2.05, 4.69) is 10.1 Å². The zero-order valence-corrected chi connectivity index (χ0v) is 13.0. The van der Waals surface area contributed by atoms with Gasteiger partial charge in [-0.3, -0.25) is 4.79 Å². The van der Waals surface area contributed by atoms with Crippen LogP contribution in [0.25, 0.3) is 0 Å². The minimum atomic E-state index is -4.73. The van der Waals surface area contributed by atoms with E-state index in [0.29, 0.717) is 16.3 Å². The molecule has 2 rings (SSSR count). The first-order valence-electron chi connectivity index (χ1n) is 6.82. The van der Waals surface area contributed by atoms with Crippen molar-refractivity contribution in [3.63, 3.8) is 0 Å². The highest BCUT2D eigenvalue weighted by Crippen LogP contribution is 2.23. The molecule has 0 spiro atoms. The number of hydrogen-bond acceptors (Lipinski definition) is 3. The first-order chi connectivity index (χ1) is 11.3. The number of benzene rings is 2. The molecule has 0 atom stereocenters. The molecule has 0 heterocycles. The molecule has 0 aliphatic rings. The maximum absolute atomic E-state index is 12.0. The van der Waals surface area contributed by atoms with Crippen LogP contribution in [0.1, 0.15) is 5.56 Å². The van der Waals surface area contributed by atoms with Gasteiger partial charge >= 0.3 is 6.36 Å². The van der Waals surface area contributed by atoms with Crippen molar-refractivity contribution in [3.8, 4) is 11.5 Å². The van der Waals surface area contributed by atoms with Crippen molar-refractivity contribution in [1.82, 2.24) is 5.32 Å². The highest BCUT2D eigenvalue weighted by atomic mass is 35.5. The molecule has 24 heavy (non-hydrogen) atoms. The summed E-state index contributed by atoms with van der Waals surface area (Å²) in [6, 6.07) is 11.9. The van der Waals surface area contributed by atoms with Crippen LogP contribution >= 0.6 is 11.6 Å². The van der Waals surface area contributed by atoms with Gasteiger partial charge in [0.15, 0.2) is 6.61 Å². The quantitative estimate of drug-likeness (QED) is 0.850. The van der Waals surface area contributed by atoms with Gasteiger partial charge in [-0.2, -0.15) is 0 Å². The standard InChI is InChI=1S/C16H13ClF3NO3/c17-13-3-1-2-4-14(13)23-10-15(22)21-9-11-5-7-12(8-6-11)24-16(18,19)20/h1-8H,9-10H2,(H,21,22). The van der Waals surface area contributed by atoms with Crippen molar-refractivity contribution >= 4 is 17.5 Å². The van der Waals surface area contributed by atoms with Crippen molar-refractivity contribution in [2.45, 2.75) is 12.9 Å². The minimum absolute atomic E-state index is 0.150. The zero-order valence-electron chi connectivity index (χ0n) is 12.3. The fourth-order valence-electron chi connectivity index (χ4n) is 1.77. The van der Waals surface area contributed by atoms with E-state index in [9.17, 15) is 18.0 Å². The molecule has 0 saturated carbocycles. The third-order valence-corrected chi connectivity index (χ3v) is 3.15. The molecule has 0 radical (unpaired) electrons. The van der Waals surface area contributed by atoms with E-state index in [1.165, 1.54) is 24.3 Å². The molecule has 4 nitrogen and oxygen atoms in total. The smallest absolute Gasteiger partial charge is 0.482 e. The second kappa shape index (κ2) is 7.92. The van der Waals surface area contributed by atoms with Gasteiger partial charge in [0.05, 0.1) is 5.02 Å². The Morgan fingerprint density at radius 2 is 1.75 bits per heavy atom. The molecule has 0 aromatic heterocycles. The molecule has 2 aromatic rings. The molecule has 0 bridgehead atoms. The van der Waals surface area contributed by atoms with Crippen LogP contribution in [0.15, 0.2) is 48.5 Å². The van der Waals surface area contributed by atoms with E-state index in [1.54, 1.807) is 24.3 Å². The van der Waals surface area contributed by atoms with E-state index in [0.717, 1.165) is 0 Å². The van der Waals surface area contributed by atoms with E-state index in [1.807, 2.05) is 0 Å². The van der Waals surface area contributed by atoms with Crippen molar-refractivity contribution in [3.05, 3.63) is 59.1 Å². The topological polar surface area (TPSA) is 47.6 Å². The van der Waals surface area contributed by atoms with Crippen molar-refractivity contribution in [2.24, 2.45) is 0 Å². The predicted octanol–water partition coefficient (Wildman–Crippen LogP) is 3.93. The maximum atomic E-state index is 12.0. The van der Waals surface area contributed by atoms with Crippen molar-refractivity contribution in [1.29, 1.82) is 0 Å². The number of hydrogen-bond donors (Lipinski definition) is 1. The van der Waals surface area contributed by atoms with Gasteiger partial charge in [0, 0.05) is 6.54 Å². The summed E-state index contributed by atoms with van der Waals surface area (Å²) in [6.45, 7) is -0.0734. The lowest BCUT2D eigenvalue weighted by Gasteiger charge is -2.10. The van der Waals surface area contributed by atoms with Gasteiger partial charge in [-0.1, -0.05) is 35.9 Å². The number of halogens is 4. The van der Waals surface area contributed by atoms with Gasteiger partial charge in [0.2, 0.25) is 0 Å². The second-order valence-corrected chi connectivity index (χ2v) is 5.09. The monoisotopic (exact) mass is 359 g/mol. The van der Waals surface area contributed by atoms with Gasteiger partial charge in [-0.25, -0.2) is 0 Å². The number of alkyl halides is 3. The molecule has 0 fully saturated rings. The van der Waals surface area contributed by atoms with Crippen molar-refractivity contribution < 1.29 is 27.4 Å². The molecule has 1 amide bonds. The summed E-state index contributed by atoms with van der Waals surface area (Å²) in [7, 11) is 0. The molecule has 8 heteroatoms. The summed E-state index contributed by atoms with van der Waals surface area (Å²) < 4.78 is 45.2. The van der Waals surface area contributed by atoms with Gasteiger partial charge in [-0.05, 0) is 29.8 Å². The SMILES string of the molecule is O=C(COc1ccccc1Cl)NCc1ccc(OC(F)(F)F)cc1. The highest BCUT2D eigenvalue weighted by molar-refractivity contribution is 6.32. The Labute approximate surface area is 141 Å². The number of carbonyl (C=O) groups excluding carboxylic acids is 1. The van der Waals surface area contributed by atoms with Crippen LogP contribution < -0.4 is 14.8 Å². The normalized spacial score (nSPS) is 11.0. The molecule has 128 valence electrons. The molecule has 0 unspecified atom stereocenters. The molecular weight excluding hydrogens is 347 g/mol. The third-order valence-electron chi connectivity index (χ3n) is 2.84. The van der Waals surface area contributed by atoms with E-state index in [4.69, 9.17) is 16.3 Å². The summed E-state index contributed by atoms with van der Waals surface area (Å²) in [5, 5.41) is 2.98. The summed E-state index contributed by atoms with van der Waals surface area (Å²) in [5.74, 6) is -0.312. The van der Waals surface area contributed by atoms with Gasteiger partial charge in [-0.15, -0.1) is 13.2 Å². The van der Waals surface area contributed by atoms with Crippen LogP contribution in [0, 0.1) is 0 Å². The minimum Gasteiger partial charge on any atom is -0.482 e. The van der Waals surface area contributed by atoms with Gasteiger partial charge < -0.3 is 14.8 Å². The van der Waals surface area contributed by atoms with Crippen molar-refractivity contribution in [2.75, 3.05) is 6.61 Å². The first-order valence-corrected chi connectivity index (χ1v) is 7.20. The largest absolute Gasteiger partial charge is 0.573 e. The van der Waals surface area contributed by atoms with Crippen LogP contribution in [0.5, 0.6) is 11.5 Å². The molecular formula is C16H13ClF3NO3. The lowest BCUT2D eigenvalue weighted by atomic mass is 10.2. The second-order valence-electron chi connectivity index (χ2n) is 4.69. The number of para-hydroxylation sites is 1. The Bertz CT molecular complexity index is 690. The molecule has 0 saturated heterocycles. The first kappa shape index (κ1) is 17.9. The Balaban J connectivity index is 1.78. The highest BCUT2D eigenvalue weighted by Gasteiger charge is 2.30. The average Bonchev–Trinajstić information content (AvgIpc) is 2.52. The summed E-state index contributed by atoms with van der Waals surface area (Å²) in [4.78, 5) is 11.7. The lowest BCUT2D eigenvalue weighted by Crippen LogP contribution is -2.28. The fraction of sp³-hybridized carbons (Fsp3) is 0.188. The lowest BCUT2D eigenvalue weighted by molar-refractivity contribution is -0.274. The zero-order chi connectivity index (χ0) is 17.6. The van der Waals surface area contributed by atoms with Gasteiger partial charge in [0.25, 0.3) is 5.91 Å². The number of amides is 1. The van der Waals surface area contributed by atoms with Crippen LogP contribution in [-0.2, 0) is 11.3 Å². The number of nitrogens with one attached hydrogen (secondary N) is 1. The van der Waals surface area contributed by atoms with E-state index in [-0.39, 0.29) is 24.8 Å². The summed E-state index contributed by atoms with van der Waals surface area (Å²) in [6.07, 6.45) is -4.73. The number of carbonyl (C=O) groups is 1. The van der Waals surface area contributed by atoms with Crippen LogP contribution in [-0.4, -0.2) is 18.9 Å². The van der Waals surface area contributed by atoms with Crippen LogP contribution in [0.3, 0.4) is 0 Å². The van der Waals surface area contributed by atoms with Crippen LogP contribution in [0.4, 0.5) is 13.2 Å². The fourth-order valence-corrected chi connectivity index (χ4v) is 1.96. The van der Waals surface area contributed by atoms with E-state index < -0.39 is 6.36 Å². The molecule has 0 aliphatic heterocycles.